The van der Waals surface area contributed by atoms with Crippen LogP contribution in [0.3, 0.4) is 0 Å². The summed E-state index contributed by atoms with van der Waals surface area (Å²) in [5.41, 5.74) is 1.09. The second kappa shape index (κ2) is 5.64. The average Bonchev–Trinajstić information content (AvgIpc) is 3.16. The van der Waals surface area contributed by atoms with E-state index in [0.717, 1.165) is 15.4 Å². The highest BCUT2D eigenvalue weighted by molar-refractivity contribution is 7.14. The third-order valence-electron chi connectivity index (χ3n) is 2.49. The van der Waals surface area contributed by atoms with Gasteiger partial charge in [-0.05, 0) is 22.9 Å². The van der Waals surface area contributed by atoms with Gasteiger partial charge in [0.2, 0.25) is 4.80 Å². The molecular weight excluding hydrogens is 294 g/mol. The van der Waals surface area contributed by atoms with Crippen LogP contribution in [0.5, 0.6) is 0 Å². The molecule has 0 saturated carbocycles. The molecule has 0 N–H and O–H groups in total. The minimum absolute atomic E-state index is 0.899. The lowest BCUT2D eigenvalue weighted by Crippen LogP contribution is -2.11. The average molecular weight is 305 g/mol. The molecule has 0 unspecified atom stereocenters. The zero-order chi connectivity index (χ0) is 13.1. The van der Waals surface area contributed by atoms with Crippen molar-refractivity contribution < 1.29 is 0 Å². The number of nitrogens with zero attached hydrogens (tertiary/aromatic N) is 3. The summed E-state index contributed by atoms with van der Waals surface area (Å²) in [6.45, 7) is 0. The minimum atomic E-state index is 0.899. The van der Waals surface area contributed by atoms with E-state index in [1.54, 1.807) is 41.1 Å². The van der Waals surface area contributed by atoms with Crippen molar-refractivity contribution in [3.8, 4) is 10.6 Å². The predicted octanol–water partition coefficient (Wildman–Crippen LogP) is 3.75. The van der Waals surface area contributed by atoms with E-state index in [-0.39, 0.29) is 0 Å². The Bertz CT molecular complexity index is 731. The summed E-state index contributed by atoms with van der Waals surface area (Å²) in [4.78, 5) is 7.52. The molecule has 3 nitrogen and oxygen atoms in total. The fourth-order valence-electron chi connectivity index (χ4n) is 1.64. The van der Waals surface area contributed by atoms with Crippen molar-refractivity contribution in [2.75, 3.05) is 7.05 Å². The molecule has 0 aliphatic carbocycles. The first-order chi connectivity index (χ1) is 9.38. The number of thiophene rings is 2. The van der Waals surface area contributed by atoms with E-state index in [1.807, 2.05) is 28.4 Å². The summed E-state index contributed by atoms with van der Waals surface area (Å²) in [5.74, 6) is 0. The van der Waals surface area contributed by atoms with Crippen molar-refractivity contribution in [3.05, 3.63) is 50.1 Å². The van der Waals surface area contributed by atoms with E-state index in [0.29, 0.717) is 0 Å². The van der Waals surface area contributed by atoms with Gasteiger partial charge in [-0.15, -0.1) is 34.0 Å². The lowest BCUT2D eigenvalue weighted by molar-refractivity contribution is 0.850. The summed E-state index contributed by atoms with van der Waals surface area (Å²) in [5, 5.41) is 10.8. The fraction of sp³-hybridized carbons (Fsp3) is 0.0769. The van der Waals surface area contributed by atoms with Crippen molar-refractivity contribution in [2.24, 2.45) is 10.1 Å². The van der Waals surface area contributed by atoms with Crippen molar-refractivity contribution in [1.82, 2.24) is 4.68 Å². The molecule has 0 aliphatic heterocycles. The van der Waals surface area contributed by atoms with E-state index in [4.69, 9.17) is 0 Å². The quantitative estimate of drug-likeness (QED) is 0.660. The Morgan fingerprint density at radius 2 is 1.95 bits per heavy atom. The van der Waals surface area contributed by atoms with Gasteiger partial charge in [-0.1, -0.05) is 12.1 Å². The standard InChI is InChI=1S/C13H11N3S3/c1-14-13-16(15-8-10-4-2-6-17-10)11(9-19-13)12-5-3-7-18-12/h2-9H,1H3/b14-13?,15-8-. The summed E-state index contributed by atoms with van der Waals surface area (Å²) >= 11 is 4.99. The Kier molecular flexibility index (Phi) is 3.72. The minimum Gasteiger partial charge on any atom is -0.261 e. The van der Waals surface area contributed by atoms with E-state index in [9.17, 15) is 0 Å². The van der Waals surface area contributed by atoms with Crippen LogP contribution < -0.4 is 4.80 Å². The maximum Gasteiger partial charge on any atom is 0.205 e. The van der Waals surface area contributed by atoms with E-state index >= 15 is 0 Å². The molecular formula is C13H11N3S3. The molecule has 0 bridgehead atoms. The molecule has 0 fully saturated rings. The molecule has 3 aromatic rings. The molecule has 0 aliphatic rings. The third kappa shape index (κ3) is 2.60. The molecule has 3 aromatic heterocycles. The Morgan fingerprint density at radius 3 is 2.63 bits per heavy atom. The molecule has 3 rings (SSSR count). The maximum absolute atomic E-state index is 4.56. The lowest BCUT2D eigenvalue weighted by Gasteiger charge is -1.99. The van der Waals surface area contributed by atoms with Crippen LogP contribution in [0.4, 0.5) is 0 Å². The molecule has 0 saturated heterocycles. The van der Waals surface area contributed by atoms with Gasteiger partial charge < -0.3 is 0 Å². The predicted molar refractivity (Wildman–Crippen MR) is 84.4 cm³/mol. The Hall–Kier alpha value is -1.50. The fourth-order valence-corrected chi connectivity index (χ4v) is 3.81. The highest BCUT2D eigenvalue weighted by Gasteiger charge is 2.07. The molecule has 6 heteroatoms. The second-order valence-corrected chi connectivity index (χ2v) is 6.44. The van der Waals surface area contributed by atoms with Gasteiger partial charge in [0.15, 0.2) is 0 Å². The van der Waals surface area contributed by atoms with Crippen molar-refractivity contribution in [1.29, 1.82) is 0 Å². The summed E-state index contributed by atoms with van der Waals surface area (Å²) in [7, 11) is 1.79. The third-order valence-corrected chi connectivity index (χ3v) is 5.10. The van der Waals surface area contributed by atoms with Crippen LogP contribution in [0, 0.1) is 0 Å². The largest absolute Gasteiger partial charge is 0.261 e. The first-order valence-corrected chi connectivity index (χ1v) is 8.27. The number of thiazole rings is 1. The molecule has 0 amide bonds. The number of hydrogen-bond donors (Lipinski definition) is 0. The Labute approximate surface area is 122 Å². The van der Waals surface area contributed by atoms with Gasteiger partial charge in [-0.25, -0.2) is 4.68 Å². The van der Waals surface area contributed by atoms with Crippen LogP contribution >= 0.6 is 34.0 Å². The van der Waals surface area contributed by atoms with Crippen molar-refractivity contribution in [2.45, 2.75) is 0 Å². The van der Waals surface area contributed by atoms with Crippen LogP contribution in [0.15, 0.2) is 50.5 Å². The zero-order valence-corrected chi connectivity index (χ0v) is 12.6. The summed E-state index contributed by atoms with van der Waals surface area (Å²) in [6.07, 6.45) is 1.88. The highest BCUT2D eigenvalue weighted by atomic mass is 32.1. The number of aromatic nitrogens is 1. The summed E-state index contributed by atoms with van der Waals surface area (Å²) < 4.78 is 1.90. The Balaban J connectivity index is 2.06. The van der Waals surface area contributed by atoms with Crippen LogP contribution in [0.25, 0.3) is 10.6 Å². The first kappa shape index (κ1) is 12.5. The molecule has 0 spiro atoms. The zero-order valence-electron chi connectivity index (χ0n) is 10.2. The van der Waals surface area contributed by atoms with Crippen LogP contribution in [0.1, 0.15) is 4.88 Å². The SMILES string of the molecule is CN=c1scc(-c2cccs2)n1/N=C\c1cccs1. The topological polar surface area (TPSA) is 29.6 Å². The lowest BCUT2D eigenvalue weighted by atomic mass is 10.4. The molecule has 0 atom stereocenters. The van der Waals surface area contributed by atoms with E-state index < -0.39 is 0 Å². The highest BCUT2D eigenvalue weighted by Crippen LogP contribution is 2.25. The van der Waals surface area contributed by atoms with Gasteiger partial charge in [0.1, 0.15) is 0 Å². The maximum atomic E-state index is 4.56. The second-order valence-electron chi connectivity index (χ2n) is 3.68. The summed E-state index contributed by atoms with van der Waals surface area (Å²) in [6, 6.07) is 8.22. The Morgan fingerprint density at radius 1 is 1.11 bits per heavy atom. The first-order valence-electron chi connectivity index (χ1n) is 5.63. The molecule has 96 valence electrons. The monoisotopic (exact) mass is 305 g/mol. The van der Waals surface area contributed by atoms with Gasteiger partial charge in [0.25, 0.3) is 0 Å². The number of rotatable bonds is 3. The molecule has 19 heavy (non-hydrogen) atoms. The molecule has 3 heterocycles. The van der Waals surface area contributed by atoms with Crippen molar-refractivity contribution >= 4 is 40.2 Å². The smallest absolute Gasteiger partial charge is 0.205 e. The van der Waals surface area contributed by atoms with Crippen LogP contribution in [-0.4, -0.2) is 17.9 Å². The van der Waals surface area contributed by atoms with Gasteiger partial charge in [0, 0.05) is 17.3 Å². The van der Waals surface area contributed by atoms with Gasteiger partial charge in [0.05, 0.1) is 16.8 Å². The van der Waals surface area contributed by atoms with Crippen molar-refractivity contribution in [3.63, 3.8) is 0 Å². The molecule has 0 radical (unpaired) electrons. The van der Waals surface area contributed by atoms with E-state index in [1.165, 1.54) is 4.88 Å². The van der Waals surface area contributed by atoms with E-state index in [2.05, 4.69) is 33.0 Å². The van der Waals surface area contributed by atoms with Gasteiger partial charge >= 0.3 is 0 Å². The van der Waals surface area contributed by atoms with Crippen LogP contribution in [-0.2, 0) is 0 Å². The van der Waals surface area contributed by atoms with Crippen LogP contribution in [0.2, 0.25) is 0 Å². The number of hydrogen-bond acceptors (Lipinski definition) is 5. The normalized spacial score (nSPS) is 12.6. The molecule has 0 aromatic carbocycles. The van der Waals surface area contributed by atoms with Gasteiger partial charge in [-0.2, -0.15) is 5.10 Å². The van der Waals surface area contributed by atoms with Gasteiger partial charge in [-0.3, -0.25) is 4.99 Å².